The van der Waals surface area contributed by atoms with Crippen molar-refractivity contribution in [2.24, 2.45) is 5.73 Å². The minimum Gasteiger partial charge on any atom is -0.477 e. The average Bonchev–Trinajstić information content (AvgIpc) is 3.38. The van der Waals surface area contributed by atoms with Gasteiger partial charge in [-0.1, -0.05) is 35.5 Å². The van der Waals surface area contributed by atoms with Crippen LogP contribution in [0.1, 0.15) is 28.1 Å². The summed E-state index contributed by atoms with van der Waals surface area (Å²) in [6, 6.07) is 12.6. The summed E-state index contributed by atoms with van der Waals surface area (Å²) in [6.07, 6.45) is 1.96. The fourth-order valence-electron chi connectivity index (χ4n) is 2.79. The van der Waals surface area contributed by atoms with Crippen molar-refractivity contribution < 1.29 is 28.8 Å². The van der Waals surface area contributed by atoms with Gasteiger partial charge in [0.1, 0.15) is 23.6 Å². The molecule has 0 saturated carbocycles. The summed E-state index contributed by atoms with van der Waals surface area (Å²) >= 11 is 0. The van der Waals surface area contributed by atoms with Gasteiger partial charge in [0.25, 0.3) is 0 Å². The molecule has 3 N–H and O–H groups in total. The minimum absolute atomic E-state index is 0.0165. The molecule has 3 heterocycles. The van der Waals surface area contributed by atoms with Crippen molar-refractivity contribution >= 4 is 11.9 Å². The highest BCUT2D eigenvalue weighted by Gasteiger charge is 2.19. The number of aryl methyl sites for hydroxylation is 1. The van der Waals surface area contributed by atoms with Gasteiger partial charge < -0.3 is 20.1 Å². The maximum Gasteiger partial charge on any atom is 0.341 e. The Kier molecular flexibility index (Phi) is 7.31. The molecule has 31 heavy (non-hydrogen) atoms. The van der Waals surface area contributed by atoms with Gasteiger partial charge in [0, 0.05) is 11.8 Å². The number of nitrogens with two attached hydrogens (primary N) is 1. The molecule has 1 aliphatic heterocycles. The van der Waals surface area contributed by atoms with Crippen LogP contribution >= 0.6 is 0 Å². The topological polar surface area (TPSA) is 141 Å². The average molecular weight is 426 g/mol. The predicted molar refractivity (Wildman–Crippen MR) is 109 cm³/mol. The Bertz CT molecular complexity index is 1040. The van der Waals surface area contributed by atoms with E-state index >= 15 is 0 Å². The smallest absolute Gasteiger partial charge is 0.341 e. The molecular weight excluding hydrogens is 404 g/mol. The molecule has 1 fully saturated rings. The highest BCUT2D eigenvalue weighted by Crippen LogP contribution is 2.26. The van der Waals surface area contributed by atoms with Gasteiger partial charge in [0.15, 0.2) is 0 Å². The lowest BCUT2D eigenvalue weighted by Gasteiger charge is -2.08. The maximum atomic E-state index is 11.2. The minimum atomic E-state index is -1.08. The number of carbonyl (C=O) groups excluding carboxylic acids is 1. The molecule has 0 unspecified atom stereocenters. The van der Waals surface area contributed by atoms with Crippen molar-refractivity contribution in [2.75, 3.05) is 13.3 Å². The molecule has 0 atom stereocenters. The van der Waals surface area contributed by atoms with Crippen LogP contribution in [0.2, 0.25) is 0 Å². The van der Waals surface area contributed by atoms with Crippen LogP contribution in [0.15, 0.2) is 53.2 Å². The third kappa shape index (κ3) is 5.44. The molecule has 0 bridgehead atoms. The van der Waals surface area contributed by atoms with Crippen molar-refractivity contribution in [3.8, 4) is 17.1 Å². The molecule has 0 spiro atoms. The number of rotatable bonds is 6. The number of hydroxylamine groups is 2. The Balaban J connectivity index is 0.000000287. The van der Waals surface area contributed by atoms with Crippen molar-refractivity contribution in [3.63, 3.8) is 0 Å². The summed E-state index contributed by atoms with van der Waals surface area (Å²) in [4.78, 5) is 30.5. The monoisotopic (exact) mass is 426 g/mol. The lowest BCUT2D eigenvalue weighted by atomic mass is 10.1. The molecule has 0 aliphatic carbocycles. The Morgan fingerprint density at radius 3 is 2.65 bits per heavy atom. The maximum absolute atomic E-state index is 11.2. The molecule has 162 valence electrons. The van der Waals surface area contributed by atoms with Gasteiger partial charge in [0.05, 0.1) is 25.3 Å². The molecule has 1 saturated heterocycles. The lowest BCUT2D eigenvalue weighted by Crippen LogP contribution is -2.29. The standard InChI is InChI=1S/C17H14N2O4.C4H8N2O2/c1-11-14(15(19-23-11)12-6-3-2-4-7-12)10-22-16-13(17(20)21)8-5-9-18-16;5-3-6-4(7)1-2-8-6/h2-9H,10H2,1H3,(H,20,21);1-3,5H2. The van der Waals surface area contributed by atoms with Crippen LogP contribution in [0.4, 0.5) is 0 Å². The van der Waals surface area contributed by atoms with E-state index in [1.165, 1.54) is 17.3 Å². The molecule has 3 aromatic rings. The molecule has 4 rings (SSSR count). The Morgan fingerprint density at radius 1 is 1.26 bits per heavy atom. The van der Waals surface area contributed by atoms with Crippen LogP contribution in [-0.2, 0) is 16.2 Å². The van der Waals surface area contributed by atoms with Crippen molar-refractivity contribution in [1.29, 1.82) is 0 Å². The van der Waals surface area contributed by atoms with Crippen molar-refractivity contribution in [3.05, 3.63) is 65.5 Å². The molecule has 10 heteroatoms. The van der Waals surface area contributed by atoms with Crippen LogP contribution in [-0.4, -0.2) is 45.5 Å². The zero-order chi connectivity index (χ0) is 22.2. The van der Waals surface area contributed by atoms with E-state index in [2.05, 4.69) is 10.1 Å². The number of aromatic nitrogens is 2. The Hall–Kier alpha value is -3.76. The van der Waals surface area contributed by atoms with E-state index in [1.54, 1.807) is 13.0 Å². The van der Waals surface area contributed by atoms with Crippen LogP contribution in [0.25, 0.3) is 11.3 Å². The number of benzene rings is 1. The predicted octanol–water partition coefficient (Wildman–Crippen LogP) is 2.39. The Labute approximate surface area is 178 Å². The van der Waals surface area contributed by atoms with Gasteiger partial charge in [-0.25, -0.2) is 14.8 Å². The van der Waals surface area contributed by atoms with Crippen LogP contribution in [0.3, 0.4) is 0 Å². The van der Waals surface area contributed by atoms with E-state index in [0.717, 1.165) is 11.1 Å². The molecule has 2 aromatic heterocycles. The number of hydrogen-bond donors (Lipinski definition) is 2. The quantitative estimate of drug-likeness (QED) is 0.607. The Morgan fingerprint density at radius 2 is 2.03 bits per heavy atom. The number of carbonyl (C=O) groups is 2. The van der Waals surface area contributed by atoms with E-state index in [0.29, 0.717) is 24.5 Å². The molecule has 10 nitrogen and oxygen atoms in total. The van der Waals surface area contributed by atoms with Crippen LogP contribution in [0.5, 0.6) is 5.88 Å². The van der Waals surface area contributed by atoms with Crippen LogP contribution in [0, 0.1) is 6.92 Å². The number of aromatic carboxylic acids is 1. The highest BCUT2D eigenvalue weighted by molar-refractivity contribution is 5.90. The van der Waals surface area contributed by atoms with E-state index in [1.807, 2.05) is 30.3 Å². The van der Waals surface area contributed by atoms with Gasteiger partial charge in [-0.05, 0) is 19.1 Å². The second kappa shape index (κ2) is 10.3. The van der Waals surface area contributed by atoms with Gasteiger partial charge >= 0.3 is 5.97 Å². The van der Waals surface area contributed by atoms with Gasteiger partial charge in [0.2, 0.25) is 11.8 Å². The summed E-state index contributed by atoms with van der Waals surface area (Å²) in [5, 5.41) is 14.4. The van der Waals surface area contributed by atoms with E-state index in [9.17, 15) is 9.59 Å². The summed E-state index contributed by atoms with van der Waals surface area (Å²) in [5.74, 6) is -0.415. The number of carboxylic acid groups (broad SMARTS) is 1. The summed E-state index contributed by atoms with van der Waals surface area (Å²) in [7, 11) is 0. The van der Waals surface area contributed by atoms with E-state index < -0.39 is 5.97 Å². The SMILES string of the molecule is Cc1onc(-c2ccccc2)c1COc1ncccc1C(=O)O.NCN1OCCC1=O. The zero-order valence-electron chi connectivity index (χ0n) is 16.9. The summed E-state index contributed by atoms with van der Waals surface area (Å²) in [5.41, 5.74) is 7.46. The van der Waals surface area contributed by atoms with Crippen molar-refractivity contribution in [2.45, 2.75) is 20.0 Å². The second-order valence-electron chi connectivity index (χ2n) is 6.42. The zero-order valence-corrected chi connectivity index (χ0v) is 16.9. The molecule has 1 aromatic carbocycles. The summed E-state index contributed by atoms with van der Waals surface area (Å²) < 4.78 is 10.8. The van der Waals surface area contributed by atoms with Gasteiger partial charge in [-0.2, -0.15) is 0 Å². The number of amides is 1. The first-order valence-corrected chi connectivity index (χ1v) is 9.46. The third-order valence-corrected chi connectivity index (χ3v) is 4.39. The second-order valence-corrected chi connectivity index (χ2v) is 6.42. The number of nitrogens with zero attached hydrogens (tertiary/aromatic N) is 3. The lowest BCUT2D eigenvalue weighted by molar-refractivity contribution is -0.160. The fraction of sp³-hybridized carbons (Fsp3) is 0.238. The fourth-order valence-corrected chi connectivity index (χ4v) is 2.79. The highest BCUT2D eigenvalue weighted by atomic mass is 16.7. The molecule has 0 radical (unpaired) electrons. The first kappa shape index (κ1) is 21.9. The normalized spacial score (nSPS) is 13.0. The van der Waals surface area contributed by atoms with Crippen molar-refractivity contribution in [1.82, 2.24) is 15.2 Å². The number of carboxylic acids is 1. The van der Waals surface area contributed by atoms with Gasteiger partial charge in [-0.15, -0.1) is 0 Å². The molecular formula is C21H22N4O6. The van der Waals surface area contributed by atoms with E-state index in [4.69, 9.17) is 24.9 Å². The van der Waals surface area contributed by atoms with Gasteiger partial charge in [-0.3, -0.25) is 9.63 Å². The summed E-state index contributed by atoms with van der Waals surface area (Å²) in [6.45, 7) is 2.56. The number of ether oxygens (including phenoxy) is 1. The third-order valence-electron chi connectivity index (χ3n) is 4.39. The van der Waals surface area contributed by atoms with Crippen LogP contribution < -0.4 is 10.5 Å². The molecule has 1 aliphatic rings. The first-order chi connectivity index (χ1) is 15.0. The number of hydrogen-bond acceptors (Lipinski definition) is 8. The number of pyridine rings is 1. The van der Waals surface area contributed by atoms with E-state index in [-0.39, 0.29) is 30.6 Å². The largest absolute Gasteiger partial charge is 0.477 e. The first-order valence-electron chi connectivity index (χ1n) is 9.46. The molecule has 1 amide bonds.